The molecule has 0 aliphatic carbocycles. The van der Waals surface area contributed by atoms with E-state index in [1.54, 1.807) is 0 Å². The highest BCUT2D eigenvalue weighted by molar-refractivity contribution is 5.67. The van der Waals surface area contributed by atoms with Crippen LogP contribution >= 0.6 is 0 Å². The Balaban J connectivity index is 2.06. The van der Waals surface area contributed by atoms with Crippen molar-refractivity contribution in [1.82, 2.24) is 0 Å². The Hall–Kier alpha value is -0.610. The second kappa shape index (κ2) is 4.49. The van der Waals surface area contributed by atoms with E-state index >= 15 is 0 Å². The molecule has 0 aromatic heterocycles. The second-order valence-corrected chi connectivity index (χ2v) is 4.61. The van der Waals surface area contributed by atoms with Gasteiger partial charge in [0.05, 0.1) is 6.61 Å². The largest absolute Gasteiger partial charge is 0.481 e. The highest BCUT2D eigenvalue weighted by atomic mass is 16.5. The molecule has 0 aromatic rings. The molecule has 0 amide bonds. The number of hydrogen-bond donors (Lipinski definition) is 1. The molecule has 86 valence electrons. The molecule has 4 nitrogen and oxygen atoms in total. The number of ether oxygens (including phenoxy) is 2. The molecule has 1 N–H and O–H groups in total. The van der Waals surface area contributed by atoms with Crippen LogP contribution in [0.15, 0.2) is 0 Å². The molecule has 0 bridgehead atoms. The Morgan fingerprint density at radius 2 is 2.00 bits per heavy atom. The van der Waals surface area contributed by atoms with Crippen LogP contribution in [0.2, 0.25) is 0 Å². The fourth-order valence-electron chi connectivity index (χ4n) is 2.78. The first-order valence-corrected chi connectivity index (χ1v) is 5.60. The number of carbonyl (C=O) groups is 1. The van der Waals surface area contributed by atoms with E-state index in [0.717, 1.165) is 32.5 Å². The Kier molecular flexibility index (Phi) is 3.26. The van der Waals surface area contributed by atoms with Gasteiger partial charge in [0.2, 0.25) is 0 Å². The molecule has 0 radical (unpaired) electrons. The highest BCUT2D eigenvalue weighted by Crippen LogP contribution is 2.44. The van der Waals surface area contributed by atoms with Crippen molar-refractivity contribution in [2.45, 2.75) is 25.7 Å². The third kappa shape index (κ3) is 2.32. The lowest BCUT2D eigenvalue weighted by molar-refractivity contribution is -0.147. The van der Waals surface area contributed by atoms with Crippen molar-refractivity contribution in [3.8, 4) is 0 Å². The lowest BCUT2D eigenvalue weighted by atomic mass is 9.67. The summed E-state index contributed by atoms with van der Waals surface area (Å²) in [6.45, 7) is 2.92. The van der Waals surface area contributed by atoms with Crippen molar-refractivity contribution in [3.63, 3.8) is 0 Å². The van der Waals surface area contributed by atoms with E-state index in [2.05, 4.69) is 0 Å². The lowest BCUT2D eigenvalue weighted by Gasteiger charge is -2.45. The topological polar surface area (TPSA) is 55.8 Å². The molecule has 2 heterocycles. The van der Waals surface area contributed by atoms with Gasteiger partial charge in [0.15, 0.2) is 0 Å². The maximum atomic E-state index is 10.8. The summed E-state index contributed by atoms with van der Waals surface area (Å²) in [5.41, 5.74) is 0.0783. The zero-order valence-corrected chi connectivity index (χ0v) is 8.91. The van der Waals surface area contributed by atoms with E-state index in [9.17, 15) is 4.79 Å². The summed E-state index contributed by atoms with van der Waals surface area (Å²) in [7, 11) is 0. The maximum absolute atomic E-state index is 10.8. The van der Waals surface area contributed by atoms with Crippen molar-refractivity contribution >= 4 is 5.97 Å². The minimum atomic E-state index is -0.687. The quantitative estimate of drug-likeness (QED) is 0.752. The monoisotopic (exact) mass is 214 g/mol. The molecular formula is C11H18O4. The van der Waals surface area contributed by atoms with Crippen molar-refractivity contribution in [3.05, 3.63) is 0 Å². The number of carboxylic acids is 1. The van der Waals surface area contributed by atoms with Gasteiger partial charge in [-0.15, -0.1) is 0 Å². The minimum absolute atomic E-state index is 0.0783. The molecule has 15 heavy (non-hydrogen) atoms. The zero-order chi connectivity index (χ0) is 10.7. The summed E-state index contributed by atoms with van der Waals surface area (Å²) in [6, 6.07) is 0. The van der Waals surface area contributed by atoms with E-state index in [4.69, 9.17) is 14.6 Å². The van der Waals surface area contributed by atoms with Gasteiger partial charge in [-0.2, -0.15) is 0 Å². The molecule has 1 spiro atoms. The molecule has 2 aliphatic rings. The third-order valence-electron chi connectivity index (χ3n) is 3.78. The van der Waals surface area contributed by atoms with Crippen LogP contribution in [0.25, 0.3) is 0 Å². The van der Waals surface area contributed by atoms with Crippen LogP contribution in [-0.2, 0) is 14.3 Å². The summed E-state index contributed by atoms with van der Waals surface area (Å²) in [5.74, 6) is -0.416. The van der Waals surface area contributed by atoms with Gasteiger partial charge < -0.3 is 14.6 Å². The van der Waals surface area contributed by atoms with Gasteiger partial charge in [0.25, 0.3) is 0 Å². The molecule has 1 unspecified atom stereocenters. The highest BCUT2D eigenvalue weighted by Gasteiger charge is 2.43. The van der Waals surface area contributed by atoms with Crippen LogP contribution in [0.3, 0.4) is 0 Å². The van der Waals surface area contributed by atoms with Crippen LogP contribution in [0.4, 0.5) is 0 Å². The second-order valence-electron chi connectivity index (χ2n) is 4.61. The average Bonchev–Trinajstić information content (AvgIpc) is 2.23. The molecule has 2 fully saturated rings. The first-order valence-electron chi connectivity index (χ1n) is 5.60. The van der Waals surface area contributed by atoms with Gasteiger partial charge in [0, 0.05) is 31.7 Å². The first-order chi connectivity index (χ1) is 7.23. The summed E-state index contributed by atoms with van der Waals surface area (Å²) < 4.78 is 10.9. The summed E-state index contributed by atoms with van der Waals surface area (Å²) in [4.78, 5) is 10.8. The van der Waals surface area contributed by atoms with Gasteiger partial charge >= 0.3 is 5.97 Å². The van der Waals surface area contributed by atoms with Crippen LogP contribution < -0.4 is 0 Å². The predicted molar refractivity (Wildman–Crippen MR) is 53.7 cm³/mol. The normalized spacial score (nSPS) is 30.3. The molecule has 1 atom stereocenters. The van der Waals surface area contributed by atoms with Crippen LogP contribution in [0.5, 0.6) is 0 Å². The van der Waals surface area contributed by atoms with Crippen molar-refractivity contribution in [2.24, 2.45) is 11.3 Å². The molecule has 0 saturated carbocycles. The van der Waals surface area contributed by atoms with E-state index in [1.165, 1.54) is 0 Å². The van der Waals surface area contributed by atoms with Gasteiger partial charge in [-0.1, -0.05) is 0 Å². The predicted octanol–water partition coefficient (Wildman–Crippen LogP) is 1.29. The Morgan fingerprint density at radius 1 is 1.27 bits per heavy atom. The summed E-state index contributed by atoms with van der Waals surface area (Å²) >= 11 is 0. The summed E-state index contributed by atoms with van der Waals surface area (Å²) in [6.07, 6.45) is 3.06. The number of rotatable bonds is 2. The molecular weight excluding hydrogens is 196 g/mol. The van der Waals surface area contributed by atoms with Gasteiger partial charge in [0.1, 0.15) is 0 Å². The van der Waals surface area contributed by atoms with Gasteiger partial charge in [-0.25, -0.2) is 0 Å². The number of carboxylic acid groups (broad SMARTS) is 1. The fraction of sp³-hybridized carbons (Fsp3) is 0.909. The van der Waals surface area contributed by atoms with Gasteiger partial charge in [-0.05, 0) is 25.2 Å². The van der Waals surface area contributed by atoms with Gasteiger partial charge in [-0.3, -0.25) is 4.79 Å². The van der Waals surface area contributed by atoms with E-state index < -0.39 is 5.97 Å². The minimum Gasteiger partial charge on any atom is -0.481 e. The SMILES string of the molecule is O=C(O)CC1CCOCC12CCOCC2. The van der Waals surface area contributed by atoms with E-state index in [1.807, 2.05) is 0 Å². The Bertz CT molecular complexity index is 224. The van der Waals surface area contributed by atoms with E-state index in [-0.39, 0.29) is 17.8 Å². The van der Waals surface area contributed by atoms with Crippen molar-refractivity contribution < 1.29 is 19.4 Å². The van der Waals surface area contributed by atoms with Crippen LogP contribution in [-0.4, -0.2) is 37.5 Å². The molecule has 2 rings (SSSR count). The number of hydrogen-bond acceptors (Lipinski definition) is 3. The molecule has 4 heteroatoms. The van der Waals surface area contributed by atoms with Crippen LogP contribution in [0, 0.1) is 11.3 Å². The average molecular weight is 214 g/mol. The Morgan fingerprint density at radius 3 is 2.67 bits per heavy atom. The van der Waals surface area contributed by atoms with Crippen molar-refractivity contribution in [1.29, 1.82) is 0 Å². The standard InChI is InChI=1S/C11H18O4/c12-10(13)7-9-1-4-15-8-11(9)2-5-14-6-3-11/h9H,1-8H2,(H,12,13). The van der Waals surface area contributed by atoms with Crippen LogP contribution in [0.1, 0.15) is 25.7 Å². The zero-order valence-electron chi connectivity index (χ0n) is 8.91. The smallest absolute Gasteiger partial charge is 0.303 e. The fourth-order valence-corrected chi connectivity index (χ4v) is 2.78. The summed E-state index contributed by atoms with van der Waals surface area (Å²) in [5, 5.41) is 8.91. The lowest BCUT2D eigenvalue weighted by Crippen LogP contribution is -2.45. The third-order valence-corrected chi connectivity index (χ3v) is 3.78. The number of aliphatic carboxylic acids is 1. The maximum Gasteiger partial charge on any atom is 0.303 e. The van der Waals surface area contributed by atoms with Crippen molar-refractivity contribution in [2.75, 3.05) is 26.4 Å². The molecule has 2 aliphatic heterocycles. The molecule has 2 saturated heterocycles. The first kappa shape index (κ1) is 10.9. The van der Waals surface area contributed by atoms with E-state index in [0.29, 0.717) is 13.2 Å². The molecule has 0 aromatic carbocycles. The Labute approximate surface area is 89.6 Å².